The molecular weight excluding hydrogens is 302 g/mol. The average molecular weight is 324 g/mol. The van der Waals surface area contributed by atoms with E-state index in [0.717, 1.165) is 34.1 Å². The maximum atomic E-state index is 6.41. The van der Waals surface area contributed by atoms with Gasteiger partial charge in [-0.25, -0.2) is 0 Å². The van der Waals surface area contributed by atoms with Crippen molar-refractivity contribution in [2.24, 2.45) is 0 Å². The Hall–Kier alpha value is -0.970. The molecule has 3 nitrogen and oxygen atoms in total. The number of halogens is 1. The van der Waals surface area contributed by atoms with Gasteiger partial charge < -0.3 is 5.32 Å². The largest absolute Gasteiger partial charge is 0.305 e. The lowest BCUT2D eigenvalue weighted by atomic mass is 9.88. The van der Waals surface area contributed by atoms with Crippen molar-refractivity contribution in [3.63, 3.8) is 0 Å². The fourth-order valence-electron chi connectivity index (χ4n) is 2.25. The Kier molecular flexibility index (Phi) is 5.36. The van der Waals surface area contributed by atoms with Crippen molar-refractivity contribution >= 4 is 23.1 Å². The van der Waals surface area contributed by atoms with E-state index in [0.29, 0.717) is 0 Å². The van der Waals surface area contributed by atoms with E-state index < -0.39 is 0 Å². The van der Waals surface area contributed by atoms with E-state index >= 15 is 0 Å². The van der Waals surface area contributed by atoms with Gasteiger partial charge in [-0.3, -0.25) is 0 Å². The van der Waals surface area contributed by atoms with Gasteiger partial charge in [0, 0.05) is 10.4 Å². The van der Waals surface area contributed by atoms with Crippen molar-refractivity contribution in [3.8, 4) is 0 Å². The van der Waals surface area contributed by atoms with Gasteiger partial charge >= 0.3 is 0 Å². The van der Waals surface area contributed by atoms with Crippen LogP contribution in [0.25, 0.3) is 0 Å². The van der Waals surface area contributed by atoms with Crippen molar-refractivity contribution < 1.29 is 0 Å². The van der Waals surface area contributed by atoms with Crippen LogP contribution in [-0.2, 0) is 5.41 Å². The molecule has 0 spiro atoms. The summed E-state index contributed by atoms with van der Waals surface area (Å²) in [5, 5.41) is 8.72. The Morgan fingerprint density at radius 2 is 2.00 bits per heavy atom. The Morgan fingerprint density at radius 3 is 2.62 bits per heavy atom. The summed E-state index contributed by atoms with van der Waals surface area (Å²) in [6.45, 7) is 9.58. The third-order valence-corrected chi connectivity index (χ3v) is 4.43. The standard InChI is InChI=1S/C16H22ClN3S/c1-5-10-18-13(11-8-6-7-9-12(11)17)14-15(16(2,3)4)19-20-21-14/h6-9,13,18H,5,10H2,1-4H3. The second-order valence-corrected chi connectivity index (χ2v) is 7.34. The minimum Gasteiger partial charge on any atom is -0.305 e. The Morgan fingerprint density at radius 1 is 1.29 bits per heavy atom. The molecule has 0 aliphatic rings. The van der Waals surface area contributed by atoms with E-state index in [9.17, 15) is 0 Å². The van der Waals surface area contributed by atoms with E-state index in [-0.39, 0.29) is 11.5 Å². The third kappa shape index (κ3) is 3.82. The van der Waals surface area contributed by atoms with Gasteiger partial charge in [-0.2, -0.15) is 0 Å². The van der Waals surface area contributed by atoms with Crippen molar-refractivity contribution in [3.05, 3.63) is 45.4 Å². The SMILES string of the molecule is CCCNC(c1ccccc1Cl)c1snnc1C(C)(C)C. The topological polar surface area (TPSA) is 37.8 Å². The highest BCUT2D eigenvalue weighted by Crippen LogP contribution is 2.36. The zero-order valence-electron chi connectivity index (χ0n) is 13.0. The maximum Gasteiger partial charge on any atom is 0.0860 e. The molecule has 1 atom stereocenters. The summed E-state index contributed by atoms with van der Waals surface area (Å²) in [6.07, 6.45) is 1.07. The summed E-state index contributed by atoms with van der Waals surface area (Å²) in [5.41, 5.74) is 2.10. The Balaban J connectivity index is 2.47. The van der Waals surface area contributed by atoms with Crippen LogP contribution in [0.4, 0.5) is 0 Å². The lowest BCUT2D eigenvalue weighted by molar-refractivity contribution is 0.538. The van der Waals surface area contributed by atoms with Gasteiger partial charge in [0.05, 0.1) is 16.6 Å². The summed E-state index contributed by atoms with van der Waals surface area (Å²) in [4.78, 5) is 1.16. The van der Waals surface area contributed by atoms with Gasteiger partial charge in [-0.1, -0.05) is 62.0 Å². The summed E-state index contributed by atoms with van der Waals surface area (Å²) >= 11 is 7.86. The van der Waals surface area contributed by atoms with Gasteiger partial charge in [-0.15, -0.1) is 5.10 Å². The monoisotopic (exact) mass is 323 g/mol. The van der Waals surface area contributed by atoms with Crippen molar-refractivity contribution in [1.29, 1.82) is 0 Å². The first-order chi connectivity index (χ1) is 9.95. The number of benzene rings is 1. The zero-order chi connectivity index (χ0) is 15.5. The molecule has 0 bridgehead atoms. The Labute approximate surface area is 135 Å². The molecular formula is C16H22ClN3S. The quantitative estimate of drug-likeness (QED) is 0.875. The molecule has 0 fully saturated rings. The van der Waals surface area contributed by atoms with E-state index in [1.165, 1.54) is 11.5 Å². The lowest BCUT2D eigenvalue weighted by Crippen LogP contribution is -2.26. The van der Waals surface area contributed by atoms with Crippen LogP contribution in [0.2, 0.25) is 5.02 Å². The zero-order valence-corrected chi connectivity index (χ0v) is 14.6. The van der Waals surface area contributed by atoms with Crippen molar-refractivity contribution in [2.45, 2.75) is 45.6 Å². The number of aromatic nitrogens is 2. The molecule has 2 rings (SSSR count). The summed E-state index contributed by atoms with van der Waals surface area (Å²) in [6, 6.07) is 8.03. The fraction of sp³-hybridized carbons (Fsp3) is 0.500. The predicted molar refractivity (Wildman–Crippen MR) is 90.2 cm³/mol. The molecule has 0 amide bonds. The first kappa shape index (κ1) is 16.4. The highest BCUT2D eigenvalue weighted by Gasteiger charge is 2.28. The van der Waals surface area contributed by atoms with Gasteiger partial charge in [0.15, 0.2) is 0 Å². The number of hydrogen-bond donors (Lipinski definition) is 1. The highest BCUT2D eigenvalue weighted by atomic mass is 35.5. The van der Waals surface area contributed by atoms with Crippen molar-refractivity contribution in [2.75, 3.05) is 6.54 Å². The first-order valence-corrected chi connectivity index (χ1v) is 8.40. The fourth-order valence-corrected chi connectivity index (χ4v) is 3.45. The highest BCUT2D eigenvalue weighted by molar-refractivity contribution is 7.05. The number of hydrogen-bond acceptors (Lipinski definition) is 4. The molecule has 0 saturated heterocycles. The molecule has 0 aliphatic carbocycles. The first-order valence-electron chi connectivity index (χ1n) is 7.25. The average Bonchev–Trinajstić information content (AvgIpc) is 2.90. The van der Waals surface area contributed by atoms with Gasteiger partial charge in [0.2, 0.25) is 0 Å². The van der Waals surface area contributed by atoms with Crippen LogP contribution >= 0.6 is 23.1 Å². The molecule has 1 N–H and O–H groups in total. The maximum absolute atomic E-state index is 6.41. The van der Waals surface area contributed by atoms with Crippen LogP contribution in [-0.4, -0.2) is 16.1 Å². The summed E-state index contributed by atoms with van der Waals surface area (Å²) in [5.74, 6) is 0. The molecule has 2 aromatic rings. The summed E-state index contributed by atoms with van der Waals surface area (Å²) in [7, 11) is 0. The number of nitrogens with one attached hydrogen (secondary N) is 1. The molecule has 5 heteroatoms. The second kappa shape index (κ2) is 6.86. The van der Waals surface area contributed by atoms with E-state index in [1.54, 1.807) is 0 Å². The van der Waals surface area contributed by atoms with Crippen LogP contribution in [0.5, 0.6) is 0 Å². The Bertz CT molecular complexity index is 589. The van der Waals surface area contributed by atoms with E-state index in [1.807, 2.05) is 18.2 Å². The van der Waals surface area contributed by atoms with Crippen LogP contribution in [0, 0.1) is 0 Å². The molecule has 0 saturated carbocycles. The smallest absolute Gasteiger partial charge is 0.0860 e. The molecule has 1 heterocycles. The van der Waals surface area contributed by atoms with Crippen molar-refractivity contribution in [1.82, 2.24) is 14.9 Å². The second-order valence-electron chi connectivity index (χ2n) is 6.14. The van der Waals surface area contributed by atoms with Crippen LogP contribution in [0.3, 0.4) is 0 Å². The lowest BCUT2D eigenvalue weighted by Gasteiger charge is -2.23. The normalized spacial score (nSPS) is 13.4. The number of rotatable bonds is 5. The predicted octanol–water partition coefficient (Wildman–Crippen LogP) is 4.58. The molecule has 114 valence electrons. The van der Waals surface area contributed by atoms with Crippen LogP contribution < -0.4 is 5.32 Å². The van der Waals surface area contributed by atoms with E-state index in [4.69, 9.17) is 11.6 Å². The molecule has 0 radical (unpaired) electrons. The molecule has 0 aliphatic heterocycles. The minimum absolute atomic E-state index is 0.0320. The molecule has 1 aromatic carbocycles. The molecule has 1 aromatic heterocycles. The molecule has 1 unspecified atom stereocenters. The molecule has 21 heavy (non-hydrogen) atoms. The number of nitrogens with zero attached hydrogens (tertiary/aromatic N) is 2. The van der Waals surface area contributed by atoms with Gasteiger partial charge in [-0.05, 0) is 36.1 Å². The summed E-state index contributed by atoms with van der Waals surface area (Å²) < 4.78 is 4.18. The van der Waals surface area contributed by atoms with Crippen LogP contribution in [0.15, 0.2) is 24.3 Å². The minimum atomic E-state index is -0.0320. The van der Waals surface area contributed by atoms with Gasteiger partial charge in [0.25, 0.3) is 0 Å². The van der Waals surface area contributed by atoms with Crippen LogP contribution in [0.1, 0.15) is 56.3 Å². The van der Waals surface area contributed by atoms with E-state index in [2.05, 4.69) is 48.7 Å². The van der Waals surface area contributed by atoms with Gasteiger partial charge in [0.1, 0.15) is 0 Å². The third-order valence-electron chi connectivity index (χ3n) is 3.30.